The van der Waals surface area contributed by atoms with Crippen molar-refractivity contribution in [3.8, 4) is 6.07 Å². The highest BCUT2D eigenvalue weighted by Gasteiger charge is 2.21. The minimum Gasteiger partial charge on any atom is -0.398 e. The van der Waals surface area contributed by atoms with Gasteiger partial charge in [-0.05, 0) is 38.0 Å². The Morgan fingerprint density at radius 2 is 2.00 bits per heavy atom. The van der Waals surface area contributed by atoms with E-state index in [-0.39, 0.29) is 0 Å². The second-order valence-electron chi connectivity index (χ2n) is 3.89. The number of nitriles is 1. The van der Waals surface area contributed by atoms with Crippen molar-refractivity contribution in [2.75, 3.05) is 10.5 Å². The van der Waals surface area contributed by atoms with Gasteiger partial charge in [-0.25, -0.2) is 8.42 Å². The Bertz CT molecular complexity index is 573. The van der Waals surface area contributed by atoms with E-state index >= 15 is 0 Å². The van der Waals surface area contributed by atoms with E-state index in [9.17, 15) is 8.42 Å². The number of nitrogens with two attached hydrogens (primary N) is 1. The highest BCUT2D eigenvalue weighted by Crippen LogP contribution is 2.26. The van der Waals surface area contributed by atoms with Crippen LogP contribution in [0.25, 0.3) is 0 Å². The maximum atomic E-state index is 11.8. The van der Waals surface area contributed by atoms with Crippen LogP contribution in [0.4, 0.5) is 11.4 Å². The van der Waals surface area contributed by atoms with Crippen molar-refractivity contribution in [3.05, 3.63) is 23.3 Å². The Morgan fingerprint density at radius 1 is 1.41 bits per heavy atom. The van der Waals surface area contributed by atoms with E-state index in [0.29, 0.717) is 16.9 Å². The molecule has 0 aliphatic heterocycles. The van der Waals surface area contributed by atoms with Crippen LogP contribution in [-0.2, 0) is 10.0 Å². The summed E-state index contributed by atoms with van der Waals surface area (Å²) in [5.41, 5.74) is 8.11. The Labute approximate surface area is 101 Å². The van der Waals surface area contributed by atoms with E-state index in [4.69, 9.17) is 11.0 Å². The monoisotopic (exact) mass is 253 g/mol. The third-order valence-electron chi connectivity index (χ3n) is 2.61. The van der Waals surface area contributed by atoms with E-state index in [1.165, 1.54) is 6.92 Å². The molecule has 0 spiro atoms. The average molecular weight is 253 g/mol. The largest absolute Gasteiger partial charge is 0.398 e. The number of benzene rings is 1. The zero-order valence-corrected chi connectivity index (χ0v) is 10.8. The van der Waals surface area contributed by atoms with Crippen LogP contribution in [0.1, 0.15) is 18.1 Å². The predicted molar refractivity (Wildman–Crippen MR) is 67.9 cm³/mol. The van der Waals surface area contributed by atoms with Crippen molar-refractivity contribution in [2.45, 2.75) is 26.0 Å². The summed E-state index contributed by atoms with van der Waals surface area (Å²) in [6, 6.07) is 5.15. The van der Waals surface area contributed by atoms with Gasteiger partial charge in [-0.15, -0.1) is 0 Å². The topological polar surface area (TPSA) is 96.0 Å². The summed E-state index contributed by atoms with van der Waals surface area (Å²) in [4.78, 5) is 0. The van der Waals surface area contributed by atoms with Crippen molar-refractivity contribution >= 4 is 21.4 Å². The summed E-state index contributed by atoms with van der Waals surface area (Å²) >= 11 is 0. The van der Waals surface area contributed by atoms with Crippen molar-refractivity contribution in [3.63, 3.8) is 0 Å². The first-order valence-corrected chi connectivity index (χ1v) is 6.61. The summed E-state index contributed by atoms with van der Waals surface area (Å²) in [7, 11) is -3.69. The van der Waals surface area contributed by atoms with Gasteiger partial charge in [-0.2, -0.15) is 5.26 Å². The van der Waals surface area contributed by atoms with Crippen LogP contribution >= 0.6 is 0 Å². The molecular formula is C11H15N3O2S. The fourth-order valence-corrected chi connectivity index (χ4v) is 2.23. The van der Waals surface area contributed by atoms with Crippen LogP contribution in [0.2, 0.25) is 0 Å². The molecule has 6 heteroatoms. The lowest BCUT2D eigenvalue weighted by atomic mass is 10.1. The first-order chi connectivity index (χ1) is 7.79. The number of aryl methyl sites for hydroxylation is 1. The molecule has 0 aromatic heterocycles. The maximum absolute atomic E-state index is 11.8. The van der Waals surface area contributed by atoms with Crippen LogP contribution in [0.5, 0.6) is 0 Å². The van der Waals surface area contributed by atoms with Gasteiger partial charge in [0.15, 0.2) is 5.25 Å². The number of nitrogens with zero attached hydrogens (tertiary/aromatic N) is 1. The molecule has 3 N–H and O–H groups in total. The SMILES string of the molecule is Cc1ccc(N)c(C)c1NS(=O)(=O)C(C)C#N. The number of nitrogens with one attached hydrogen (secondary N) is 1. The fraction of sp³-hybridized carbons (Fsp3) is 0.364. The lowest BCUT2D eigenvalue weighted by molar-refractivity contribution is 0.597. The van der Waals surface area contributed by atoms with Crippen molar-refractivity contribution in [1.29, 1.82) is 5.26 Å². The number of anilines is 2. The second-order valence-corrected chi connectivity index (χ2v) is 5.89. The number of rotatable bonds is 3. The molecule has 0 saturated carbocycles. The fourth-order valence-electron chi connectivity index (χ4n) is 1.32. The molecule has 1 aromatic carbocycles. The van der Waals surface area contributed by atoms with Gasteiger partial charge in [0.05, 0.1) is 11.8 Å². The first kappa shape index (κ1) is 13.3. The molecule has 92 valence electrons. The highest BCUT2D eigenvalue weighted by molar-refractivity contribution is 7.93. The number of hydrogen-bond donors (Lipinski definition) is 2. The molecule has 0 saturated heterocycles. The Hall–Kier alpha value is -1.74. The summed E-state index contributed by atoms with van der Waals surface area (Å²) in [6.07, 6.45) is 0. The smallest absolute Gasteiger partial charge is 0.248 e. The van der Waals surface area contributed by atoms with Crippen LogP contribution in [-0.4, -0.2) is 13.7 Å². The lowest BCUT2D eigenvalue weighted by Crippen LogP contribution is -2.24. The van der Waals surface area contributed by atoms with Gasteiger partial charge < -0.3 is 5.73 Å². The summed E-state index contributed by atoms with van der Waals surface area (Å²) < 4.78 is 26.0. The lowest BCUT2D eigenvalue weighted by Gasteiger charge is -2.15. The molecule has 0 aliphatic carbocycles. The average Bonchev–Trinajstić information content (AvgIpc) is 2.28. The molecule has 1 aromatic rings. The second kappa shape index (κ2) is 4.63. The molecule has 1 atom stereocenters. The number of sulfonamides is 1. The van der Waals surface area contributed by atoms with Crippen LogP contribution in [0.15, 0.2) is 12.1 Å². The quantitative estimate of drug-likeness (QED) is 0.798. The van der Waals surface area contributed by atoms with Crippen molar-refractivity contribution in [1.82, 2.24) is 0 Å². The van der Waals surface area contributed by atoms with E-state index in [0.717, 1.165) is 5.56 Å². The maximum Gasteiger partial charge on any atom is 0.248 e. The number of hydrogen-bond acceptors (Lipinski definition) is 4. The standard InChI is InChI=1S/C11H15N3O2S/c1-7-4-5-10(13)9(3)11(7)14-17(15,16)8(2)6-12/h4-5,8,14H,13H2,1-3H3. The molecular weight excluding hydrogens is 238 g/mol. The van der Waals surface area contributed by atoms with E-state index in [1.807, 2.05) is 0 Å². The van der Waals surface area contributed by atoms with Gasteiger partial charge in [0.2, 0.25) is 10.0 Å². The molecule has 1 rings (SSSR count). The van der Waals surface area contributed by atoms with Gasteiger partial charge >= 0.3 is 0 Å². The van der Waals surface area contributed by atoms with Gasteiger partial charge in [0, 0.05) is 5.69 Å². The molecule has 0 radical (unpaired) electrons. The molecule has 5 nitrogen and oxygen atoms in total. The van der Waals surface area contributed by atoms with Crippen molar-refractivity contribution < 1.29 is 8.42 Å². The molecule has 1 unspecified atom stereocenters. The summed E-state index contributed by atoms with van der Waals surface area (Å²) in [6.45, 7) is 4.85. The van der Waals surface area contributed by atoms with E-state index in [1.54, 1.807) is 32.0 Å². The van der Waals surface area contributed by atoms with Crippen LogP contribution in [0.3, 0.4) is 0 Å². The Balaban J connectivity index is 3.22. The Morgan fingerprint density at radius 3 is 2.53 bits per heavy atom. The molecule has 17 heavy (non-hydrogen) atoms. The van der Waals surface area contributed by atoms with E-state index < -0.39 is 15.3 Å². The Kier molecular flexibility index (Phi) is 3.63. The molecule has 0 fully saturated rings. The third kappa shape index (κ3) is 2.68. The van der Waals surface area contributed by atoms with Gasteiger partial charge in [0.25, 0.3) is 0 Å². The van der Waals surface area contributed by atoms with Crippen LogP contribution in [0, 0.1) is 25.2 Å². The first-order valence-electron chi connectivity index (χ1n) is 5.06. The van der Waals surface area contributed by atoms with Crippen molar-refractivity contribution in [2.24, 2.45) is 0 Å². The van der Waals surface area contributed by atoms with Gasteiger partial charge in [-0.1, -0.05) is 6.07 Å². The molecule has 0 heterocycles. The highest BCUT2D eigenvalue weighted by atomic mass is 32.2. The van der Waals surface area contributed by atoms with Gasteiger partial charge in [-0.3, -0.25) is 4.72 Å². The molecule has 0 amide bonds. The zero-order valence-electron chi connectivity index (χ0n) is 9.98. The normalized spacial score (nSPS) is 12.8. The zero-order chi connectivity index (χ0) is 13.2. The molecule has 0 bridgehead atoms. The minimum atomic E-state index is -3.69. The predicted octanol–water partition coefficient (Wildman–Crippen LogP) is 1.54. The van der Waals surface area contributed by atoms with Crippen LogP contribution < -0.4 is 10.5 Å². The van der Waals surface area contributed by atoms with E-state index in [2.05, 4.69) is 4.72 Å². The number of nitrogen functional groups attached to an aromatic ring is 1. The molecule has 0 aliphatic rings. The van der Waals surface area contributed by atoms with Gasteiger partial charge in [0.1, 0.15) is 0 Å². The summed E-state index contributed by atoms with van der Waals surface area (Å²) in [5.74, 6) is 0. The minimum absolute atomic E-state index is 0.451. The summed E-state index contributed by atoms with van der Waals surface area (Å²) in [5, 5.41) is 7.54. The third-order valence-corrected chi connectivity index (χ3v) is 4.13.